The molecule has 1 heterocycles. The van der Waals surface area contributed by atoms with E-state index >= 15 is 0 Å². The van der Waals surface area contributed by atoms with Gasteiger partial charge in [-0.3, -0.25) is 4.79 Å². The fourth-order valence-electron chi connectivity index (χ4n) is 2.89. The highest BCUT2D eigenvalue weighted by molar-refractivity contribution is 7.89. The molecule has 0 N–H and O–H groups in total. The smallest absolute Gasteiger partial charge is 0.255 e. The first kappa shape index (κ1) is 20.2. The second-order valence-electron chi connectivity index (χ2n) is 6.23. The summed E-state index contributed by atoms with van der Waals surface area (Å²) in [6, 6.07) is 7.60. The SMILES string of the molecule is CC1CCCN(S(=O)(=O)c2cc(C(=O)N(CC#N)CC#N)ccc2Cl)C1. The lowest BCUT2D eigenvalue weighted by Crippen LogP contribution is -2.39. The van der Waals surface area contributed by atoms with Crippen molar-refractivity contribution in [3.8, 4) is 12.1 Å². The molecule has 138 valence electrons. The van der Waals surface area contributed by atoms with Gasteiger partial charge in [-0.15, -0.1) is 0 Å². The van der Waals surface area contributed by atoms with Crippen LogP contribution in [0.5, 0.6) is 0 Å². The normalized spacial score (nSPS) is 17.9. The number of hydrogen-bond donors (Lipinski definition) is 0. The van der Waals surface area contributed by atoms with Crippen molar-refractivity contribution < 1.29 is 13.2 Å². The molecule has 1 amide bonds. The molecule has 0 saturated carbocycles. The standard InChI is InChI=1S/C17H19ClN4O3S/c1-13-3-2-8-22(12-13)26(24,25)16-11-14(4-5-15(16)18)17(23)21(9-6-19)10-7-20/h4-5,11,13H,2-3,8-10,12H2,1H3. The Balaban J connectivity index is 2.39. The molecule has 1 saturated heterocycles. The van der Waals surface area contributed by atoms with Gasteiger partial charge in [-0.1, -0.05) is 18.5 Å². The molecule has 0 bridgehead atoms. The topological polar surface area (TPSA) is 105 Å². The highest BCUT2D eigenvalue weighted by Crippen LogP contribution is 2.29. The van der Waals surface area contributed by atoms with Crippen LogP contribution in [0.15, 0.2) is 23.1 Å². The van der Waals surface area contributed by atoms with E-state index in [9.17, 15) is 13.2 Å². The maximum absolute atomic E-state index is 13.0. The molecule has 1 aliphatic rings. The molecular formula is C17H19ClN4O3S. The van der Waals surface area contributed by atoms with Crippen LogP contribution in [0.4, 0.5) is 0 Å². The van der Waals surface area contributed by atoms with Gasteiger partial charge >= 0.3 is 0 Å². The summed E-state index contributed by atoms with van der Waals surface area (Å²) in [5.41, 5.74) is 0.0727. The number of halogens is 1. The first-order valence-corrected chi connectivity index (χ1v) is 9.96. The van der Waals surface area contributed by atoms with Gasteiger partial charge in [-0.25, -0.2) is 8.42 Å². The van der Waals surface area contributed by atoms with Crippen LogP contribution in [-0.2, 0) is 10.0 Å². The zero-order chi connectivity index (χ0) is 19.3. The molecule has 0 aromatic heterocycles. The van der Waals surface area contributed by atoms with Gasteiger partial charge in [0.1, 0.15) is 18.0 Å². The largest absolute Gasteiger partial charge is 0.312 e. The summed E-state index contributed by atoms with van der Waals surface area (Å²) >= 11 is 6.11. The third kappa shape index (κ3) is 4.34. The van der Waals surface area contributed by atoms with Gasteiger partial charge in [0, 0.05) is 18.7 Å². The van der Waals surface area contributed by atoms with Crippen LogP contribution in [0.1, 0.15) is 30.1 Å². The number of carbonyl (C=O) groups excluding carboxylic acids is 1. The number of piperidine rings is 1. The number of rotatable bonds is 5. The predicted molar refractivity (Wildman–Crippen MR) is 95.7 cm³/mol. The van der Waals surface area contributed by atoms with Gasteiger partial charge in [-0.05, 0) is 37.0 Å². The van der Waals surface area contributed by atoms with Crippen molar-refractivity contribution >= 4 is 27.5 Å². The highest BCUT2D eigenvalue weighted by atomic mass is 35.5. The van der Waals surface area contributed by atoms with Crippen molar-refractivity contribution in [1.82, 2.24) is 9.21 Å². The van der Waals surface area contributed by atoms with Crippen LogP contribution in [-0.4, -0.2) is 49.7 Å². The summed E-state index contributed by atoms with van der Waals surface area (Å²) in [5, 5.41) is 17.6. The Morgan fingerprint density at radius 2 is 2.00 bits per heavy atom. The van der Waals surface area contributed by atoms with Crippen molar-refractivity contribution in [3.05, 3.63) is 28.8 Å². The van der Waals surface area contributed by atoms with Crippen molar-refractivity contribution in [2.75, 3.05) is 26.2 Å². The summed E-state index contributed by atoms with van der Waals surface area (Å²) in [4.78, 5) is 13.4. The Morgan fingerprint density at radius 3 is 2.58 bits per heavy atom. The van der Waals surface area contributed by atoms with Crippen molar-refractivity contribution in [1.29, 1.82) is 10.5 Å². The van der Waals surface area contributed by atoms with Gasteiger partial charge in [0.25, 0.3) is 5.91 Å². The minimum atomic E-state index is -3.83. The quantitative estimate of drug-likeness (QED) is 0.712. The molecule has 0 spiro atoms. The highest BCUT2D eigenvalue weighted by Gasteiger charge is 2.31. The van der Waals surface area contributed by atoms with E-state index in [4.69, 9.17) is 22.1 Å². The first-order valence-electron chi connectivity index (χ1n) is 8.14. The van der Waals surface area contributed by atoms with Crippen molar-refractivity contribution in [2.45, 2.75) is 24.7 Å². The van der Waals surface area contributed by atoms with Gasteiger partial charge in [0.2, 0.25) is 10.0 Å². The molecule has 7 nitrogen and oxygen atoms in total. The maximum Gasteiger partial charge on any atom is 0.255 e. The number of sulfonamides is 1. The molecule has 1 aromatic rings. The molecular weight excluding hydrogens is 376 g/mol. The van der Waals surface area contributed by atoms with E-state index in [0.29, 0.717) is 13.1 Å². The zero-order valence-electron chi connectivity index (χ0n) is 14.4. The molecule has 9 heteroatoms. The Labute approximate surface area is 158 Å². The van der Waals surface area contributed by atoms with Crippen LogP contribution in [0.3, 0.4) is 0 Å². The van der Waals surface area contributed by atoms with E-state index in [-0.39, 0.29) is 34.5 Å². The number of benzene rings is 1. The number of hydrogen-bond acceptors (Lipinski definition) is 5. The Morgan fingerprint density at radius 1 is 1.35 bits per heavy atom. The molecule has 26 heavy (non-hydrogen) atoms. The van der Waals surface area contributed by atoms with Gasteiger partial charge in [-0.2, -0.15) is 14.8 Å². The van der Waals surface area contributed by atoms with E-state index in [2.05, 4.69) is 0 Å². The summed E-state index contributed by atoms with van der Waals surface area (Å²) in [5.74, 6) is -0.336. The van der Waals surface area contributed by atoms with Crippen LogP contribution >= 0.6 is 11.6 Å². The molecule has 2 rings (SSSR count). The van der Waals surface area contributed by atoms with E-state index in [1.807, 2.05) is 19.1 Å². The average Bonchev–Trinajstić information content (AvgIpc) is 2.61. The van der Waals surface area contributed by atoms with Crippen LogP contribution in [0, 0.1) is 28.6 Å². The summed E-state index contributed by atoms with van der Waals surface area (Å²) in [6.07, 6.45) is 1.74. The Kier molecular flexibility index (Phi) is 6.60. The lowest BCUT2D eigenvalue weighted by molar-refractivity contribution is 0.0794. The number of amides is 1. The summed E-state index contributed by atoms with van der Waals surface area (Å²) < 4.78 is 27.3. The summed E-state index contributed by atoms with van der Waals surface area (Å²) in [7, 11) is -3.83. The van der Waals surface area contributed by atoms with E-state index < -0.39 is 15.9 Å². The molecule has 1 aromatic carbocycles. The third-order valence-electron chi connectivity index (χ3n) is 4.23. The minimum Gasteiger partial charge on any atom is -0.312 e. The summed E-state index contributed by atoms with van der Waals surface area (Å²) in [6.45, 7) is 2.29. The lowest BCUT2D eigenvalue weighted by atomic mass is 10.0. The minimum absolute atomic E-state index is 0.0342. The van der Waals surface area contributed by atoms with E-state index in [1.54, 1.807) is 0 Å². The third-order valence-corrected chi connectivity index (χ3v) is 6.57. The second kappa shape index (κ2) is 8.50. The molecule has 0 aliphatic carbocycles. The average molecular weight is 395 g/mol. The van der Waals surface area contributed by atoms with Gasteiger partial charge in [0.05, 0.1) is 17.2 Å². The number of nitriles is 2. The molecule has 1 fully saturated rings. The monoisotopic (exact) mass is 394 g/mol. The fraction of sp³-hybridized carbons (Fsp3) is 0.471. The second-order valence-corrected chi connectivity index (χ2v) is 8.55. The van der Waals surface area contributed by atoms with Crippen molar-refractivity contribution in [3.63, 3.8) is 0 Å². The molecule has 1 atom stereocenters. The lowest BCUT2D eigenvalue weighted by Gasteiger charge is -2.30. The van der Waals surface area contributed by atoms with Gasteiger partial charge < -0.3 is 4.90 Å². The molecule has 1 unspecified atom stereocenters. The van der Waals surface area contributed by atoms with Crippen LogP contribution in [0.2, 0.25) is 5.02 Å². The zero-order valence-corrected chi connectivity index (χ0v) is 15.9. The van der Waals surface area contributed by atoms with Crippen LogP contribution < -0.4 is 0 Å². The molecule has 1 aliphatic heterocycles. The first-order chi connectivity index (χ1) is 12.3. The van der Waals surface area contributed by atoms with Crippen molar-refractivity contribution in [2.24, 2.45) is 5.92 Å². The fourth-order valence-corrected chi connectivity index (χ4v) is 4.99. The number of carbonyl (C=O) groups is 1. The van der Waals surface area contributed by atoms with E-state index in [0.717, 1.165) is 17.7 Å². The Bertz CT molecular complexity index is 857. The van der Waals surface area contributed by atoms with Gasteiger partial charge in [0.15, 0.2) is 0 Å². The maximum atomic E-state index is 13.0. The van der Waals surface area contributed by atoms with Crippen LogP contribution in [0.25, 0.3) is 0 Å². The Hall–Kier alpha value is -2.13. The molecule has 0 radical (unpaired) electrons. The number of nitrogens with zero attached hydrogens (tertiary/aromatic N) is 4. The predicted octanol–water partition coefficient (Wildman–Crippen LogP) is 2.25. The van der Waals surface area contributed by atoms with E-state index in [1.165, 1.54) is 22.5 Å².